The van der Waals surface area contributed by atoms with E-state index in [0.29, 0.717) is 0 Å². The van der Waals surface area contributed by atoms with Crippen LogP contribution in [-0.2, 0) is 22.8 Å². The first-order chi connectivity index (χ1) is 6.03. The minimum absolute atomic E-state index is 0. The van der Waals surface area contributed by atoms with Crippen molar-refractivity contribution in [1.82, 2.24) is 0 Å². The molecular formula is C5H16NNaO8P2. The topological polar surface area (TPSA) is 159 Å². The second-order valence-electron chi connectivity index (χ2n) is 2.22. The van der Waals surface area contributed by atoms with Gasteiger partial charge in [-0.1, -0.05) is 14.9 Å². The molecule has 0 bridgehead atoms. The van der Waals surface area contributed by atoms with Crippen LogP contribution in [0.4, 0.5) is 0 Å². The Bertz CT molecular complexity index is 315. The molecule has 3 atom stereocenters. The van der Waals surface area contributed by atoms with Crippen molar-refractivity contribution in [3.05, 3.63) is 0 Å². The third kappa shape index (κ3) is 14.7. The maximum absolute atomic E-state index is 10.6. The predicted molar refractivity (Wildman–Crippen MR) is 53.9 cm³/mol. The van der Waals surface area contributed by atoms with E-state index in [1.807, 2.05) is 0 Å². The zero-order chi connectivity index (χ0) is 11.6. The molecule has 0 aliphatic carbocycles. The van der Waals surface area contributed by atoms with Gasteiger partial charge in [0, 0.05) is 0 Å². The fraction of sp³-hybridized carbons (Fsp3) is 0.800. The van der Waals surface area contributed by atoms with Crippen molar-refractivity contribution >= 4 is 21.6 Å². The Balaban J connectivity index is -0.000000282. The number of carbonyl (C=O) groups is 1. The van der Waals surface area contributed by atoms with Gasteiger partial charge in [0.1, 0.15) is 6.04 Å². The first-order valence-electron chi connectivity index (χ1n) is 3.10. The van der Waals surface area contributed by atoms with Crippen LogP contribution in [0.25, 0.3) is 0 Å². The van der Waals surface area contributed by atoms with Crippen LogP contribution in [0.5, 0.6) is 0 Å². The summed E-state index contributed by atoms with van der Waals surface area (Å²) in [5.74, 6) is -1.34. The summed E-state index contributed by atoms with van der Waals surface area (Å²) in [5.41, 5.74) is 4.93. The first-order valence-corrected chi connectivity index (χ1v) is 6.09. The molecule has 0 aromatic carbocycles. The Kier molecular flexibility index (Phi) is 14.9. The van der Waals surface area contributed by atoms with Gasteiger partial charge in [0.2, 0.25) is 0 Å². The summed E-state index contributed by atoms with van der Waals surface area (Å²) in [7, 11) is -10.6. The number of carbonyl (C=O) groups excluding carboxylic acids is 1. The molecule has 3 unspecified atom stereocenters. The van der Waals surface area contributed by atoms with Crippen LogP contribution >= 0.6 is 15.6 Å². The van der Waals surface area contributed by atoms with Gasteiger partial charge in [-0.05, 0) is 6.92 Å². The van der Waals surface area contributed by atoms with E-state index in [2.05, 4.69) is 8.83 Å². The Morgan fingerprint density at radius 3 is 1.94 bits per heavy atom. The van der Waals surface area contributed by atoms with E-state index >= 15 is 0 Å². The fourth-order valence-corrected chi connectivity index (χ4v) is 1.91. The van der Waals surface area contributed by atoms with Gasteiger partial charge >= 0.3 is 43.3 Å². The molecule has 0 amide bonds. The molecule has 0 heterocycles. The Morgan fingerprint density at radius 1 is 1.35 bits per heavy atom. The zero-order valence-corrected chi connectivity index (χ0v) is 11.7. The van der Waals surface area contributed by atoms with Crippen LogP contribution in [-0.4, -0.2) is 21.8 Å². The number of phosphoric acid groups is 2. The average Bonchev–Trinajstić information content (AvgIpc) is 1.78. The quantitative estimate of drug-likeness (QED) is 0.357. The molecule has 0 saturated carbocycles. The summed E-state index contributed by atoms with van der Waals surface area (Å²) in [6, 6.07) is -1.23. The monoisotopic (exact) mass is 303 g/mol. The van der Waals surface area contributed by atoms with Crippen molar-refractivity contribution in [2.45, 2.75) is 27.8 Å². The summed E-state index contributed by atoms with van der Waals surface area (Å²) < 4.78 is 27.5. The molecule has 12 heteroatoms. The molecule has 17 heavy (non-hydrogen) atoms. The molecule has 0 saturated heterocycles. The maximum Gasteiger partial charge on any atom is 1.00 e. The summed E-state index contributed by atoms with van der Waals surface area (Å²) in [6.45, 7) is 1.14. The number of hydrogen-bond acceptors (Lipinski definition) is 7. The Morgan fingerprint density at radius 2 is 1.71 bits per heavy atom. The molecule has 0 aliphatic heterocycles. The smallest absolute Gasteiger partial charge is 0.756 e. The third-order valence-electron chi connectivity index (χ3n) is 0.783. The van der Waals surface area contributed by atoms with Gasteiger partial charge in [0.15, 0.2) is 0 Å². The second-order valence-corrected chi connectivity index (χ2v) is 4.93. The second kappa shape index (κ2) is 9.63. The number of hydrogen-bond donors (Lipinski definition) is 3. The van der Waals surface area contributed by atoms with Crippen molar-refractivity contribution in [3.8, 4) is 0 Å². The van der Waals surface area contributed by atoms with Crippen LogP contribution < -0.4 is 40.2 Å². The fourth-order valence-electron chi connectivity index (χ4n) is 0.344. The van der Waals surface area contributed by atoms with Crippen molar-refractivity contribution in [2.75, 3.05) is 0 Å². The van der Waals surface area contributed by atoms with Gasteiger partial charge in [0.25, 0.3) is 7.82 Å². The molecule has 0 aromatic rings. The predicted octanol–water partition coefficient (Wildman–Crippen LogP) is -3.27. The van der Waals surface area contributed by atoms with Crippen molar-refractivity contribution in [1.29, 1.82) is 0 Å². The van der Waals surface area contributed by atoms with Crippen molar-refractivity contribution < 1.29 is 67.0 Å². The Labute approximate surface area is 122 Å². The average molecular weight is 303 g/mol. The minimum Gasteiger partial charge on any atom is -0.756 e. The summed E-state index contributed by atoms with van der Waals surface area (Å²) in [6.07, 6.45) is 0. The molecule has 4 N–H and O–H groups in total. The molecule has 100 valence electrons. The van der Waals surface area contributed by atoms with E-state index in [-0.39, 0.29) is 44.4 Å². The molecule has 0 aliphatic rings. The van der Waals surface area contributed by atoms with E-state index in [9.17, 15) is 18.8 Å². The standard InChI is InChI=1S/C3H9NO8P2.2CH4.Na/c1-2(4)3(5)11-14(9,10)12-13(6,7)8;;;/h2H,4H2,1H3,(H,9,10)(H2,6,7,8);2*1H4;/q;;;+1/p-1. The molecule has 0 fully saturated rings. The minimum atomic E-state index is -5.45. The first kappa shape index (κ1) is 26.3. The van der Waals surface area contributed by atoms with E-state index < -0.39 is 27.7 Å². The van der Waals surface area contributed by atoms with Crippen LogP contribution in [0.15, 0.2) is 0 Å². The normalized spacial score (nSPS) is 17.9. The van der Waals surface area contributed by atoms with Gasteiger partial charge in [-0.3, -0.25) is 9.46 Å². The van der Waals surface area contributed by atoms with Gasteiger partial charge in [0.05, 0.1) is 0 Å². The molecule has 0 radical (unpaired) electrons. The van der Waals surface area contributed by atoms with E-state index in [1.165, 1.54) is 0 Å². The molecular weight excluding hydrogens is 287 g/mol. The van der Waals surface area contributed by atoms with Gasteiger partial charge in [-0.15, -0.1) is 0 Å². The molecule has 0 spiro atoms. The van der Waals surface area contributed by atoms with Gasteiger partial charge < -0.3 is 20.0 Å². The van der Waals surface area contributed by atoms with Crippen LogP contribution in [0.1, 0.15) is 21.8 Å². The van der Waals surface area contributed by atoms with Crippen LogP contribution in [0.3, 0.4) is 0 Å². The molecule has 9 nitrogen and oxygen atoms in total. The summed E-state index contributed by atoms with van der Waals surface area (Å²) in [5, 5.41) is 0. The third-order valence-corrected chi connectivity index (χ3v) is 2.85. The van der Waals surface area contributed by atoms with E-state index in [0.717, 1.165) is 6.92 Å². The van der Waals surface area contributed by atoms with E-state index in [1.54, 1.807) is 0 Å². The van der Waals surface area contributed by atoms with Gasteiger partial charge in [-0.25, -0.2) is 13.7 Å². The van der Waals surface area contributed by atoms with Gasteiger partial charge in [-0.2, -0.15) is 0 Å². The SMILES string of the molecule is C.C.CC(N)C(=O)OP(=O)(O)OP(=O)([O-])O.[Na+]. The molecule has 0 aromatic heterocycles. The number of nitrogens with two attached hydrogens (primary N) is 1. The molecule has 0 rings (SSSR count). The maximum atomic E-state index is 10.6. The number of rotatable bonds is 4. The van der Waals surface area contributed by atoms with E-state index in [4.69, 9.17) is 15.5 Å². The number of phosphoric ester groups is 1. The summed E-state index contributed by atoms with van der Waals surface area (Å²) >= 11 is 0. The largest absolute Gasteiger partial charge is 1.00 e. The van der Waals surface area contributed by atoms with Crippen LogP contribution in [0.2, 0.25) is 0 Å². The van der Waals surface area contributed by atoms with Crippen molar-refractivity contribution in [2.24, 2.45) is 5.73 Å². The van der Waals surface area contributed by atoms with Crippen LogP contribution in [0, 0.1) is 0 Å². The zero-order valence-electron chi connectivity index (χ0n) is 7.89. The Hall–Kier alpha value is 0.730. The van der Waals surface area contributed by atoms with Crippen molar-refractivity contribution in [3.63, 3.8) is 0 Å². The summed E-state index contributed by atoms with van der Waals surface area (Å²) in [4.78, 5) is 37.2.